The molecule has 0 aromatic rings. The van der Waals surface area contributed by atoms with Crippen LogP contribution in [0.25, 0.3) is 0 Å². The second-order valence-electron chi connectivity index (χ2n) is 5.98. The zero-order valence-electron chi connectivity index (χ0n) is 11.1. The van der Waals surface area contributed by atoms with E-state index in [1.165, 1.54) is 0 Å². The monoisotopic (exact) mass is 240 g/mol. The third kappa shape index (κ3) is 2.80. The van der Waals surface area contributed by atoms with Crippen LogP contribution < -0.4 is 5.32 Å². The van der Waals surface area contributed by atoms with E-state index >= 15 is 0 Å². The zero-order chi connectivity index (χ0) is 12.6. The molecule has 0 aromatic carbocycles. The molecule has 1 atom stereocenters. The van der Waals surface area contributed by atoms with Gasteiger partial charge < -0.3 is 10.0 Å². The van der Waals surface area contributed by atoms with Gasteiger partial charge in [-0.2, -0.15) is 0 Å². The average Bonchev–Trinajstić information content (AvgIpc) is 3.10. The third-order valence-corrected chi connectivity index (χ3v) is 4.08. The van der Waals surface area contributed by atoms with Crippen LogP contribution in [-0.4, -0.2) is 47.2 Å². The Hall–Kier alpha value is -0.610. The minimum absolute atomic E-state index is 0.321. The Balaban J connectivity index is 2.11. The van der Waals surface area contributed by atoms with Gasteiger partial charge in [-0.25, -0.2) is 0 Å². The van der Waals surface area contributed by atoms with Crippen LogP contribution >= 0.6 is 0 Å². The maximum Gasteiger partial charge on any atom is 0.325 e. The van der Waals surface area contributed by atoms with Crippen LogP contribution in [0.1, 0.15) is 39.5 Å². The Kier molecular flexibility index (Phi) is 3.46. The Morgan fingerprint density at radius 3 is 2.35 bits per heavy atom. The van der Waals surface area contributed by atoms with Crippen LogP contribution in [0.2, 0.25) is 0 Å². The van der Waals surface area contributed by atoms with Gasteiger partial charge in [-0.1, -0.05) is 0 Å². The van der Waals surface area contributed by atoms with Crippen LogP contribution in [0.3, 0.4) is 0 Å². The Bertz CT molecular complexity index is 298. The number of carboxylic acids is 1. The molecule has 0 spiro atoms. The molecule has 1 unspecified atom stereocenters. The molecule has 2 rings (SSSR count). The van der Waals surface area contributed by atoms with E-state index in [-0.39, 0.29) is 0 Å². The summed E-state index contributed by atoms with van der Waals surface area (Å²) in [7, 11) is 2.01. The van der Waals surface area contributed by atoms with Gasteiger partial charge >= 0.3 is 5.97 Å². The van der Waals surface area contributed by atoms with Gasteiger partial charge in [-0.05, 0) is 52.5 Å². The Morgan fingerprint density at radius 1 is 1.41 bits per heavy atom. The summed E-state index contributed by atoms with van der Waals surface area (Å²) in [5, 5.41) is 13.1. The number of likely N-dealkylation sites (N-methyl/N-ethyl adjacent to an activating group) is 1. The first kappa shape index (κ1) is 12.8. The van der Waals surface area contributed by atoms with Gasteiger partial charge in [-0.15, -0.1) is 0 Å². The lowest BCUT2D eigenvalue weighted by Gasteiger charge is -2.36. The van der Waals surface area contributed by atoms with Crippen LogP contribution in [0.5, 0.6) is 0 Å². The molecule has 0 saturated heterocycles. The van der Waals surface area contributed by atoms with Crippen LogP contribution in [-0.2, 0) is 4.79 Å². The van der Waals surface area contributed by atoms with Crippen molar-refractivity contribution in [2.75, 3.05) is 13.6 Å². The predicted molar refractivity (Wildman–Crippen MR) is 67.0 cm³/mol. The van der Waals surface area contributed by atoms with E-state index in [4.69, 9.17) is 0 Å². The smallest absolute Gasteiger partial charge is 0.325 e. The van der Waals surface area contributed by atoms with E-state index in [1.807, 2.05) is 7.05 Å². The SMILES string of the molecule is CC(C)N(C)CC(NC1CC1)(C(=O)O)C1CC1. The highest BCUT2D eigenvalue weighted by Crippen LogP contribution is 2.42. The van der Waals surface area contributed by atoms with Crippen molar-refractivity contribution in [3.05, 3.63) is 0 Å². The molecule has 2 fully saturated rings. The van der Waals surface area contributed by atoms with Crippen molar-refractivity contribution in [3.8, 4) is 0 Å². The van der Waals surface area contributed by atoms with E-state index in [0.717, 1.165) is 25.7 Å². The number of hydrogen-bond donors (Lipinski definition) is 2. The predicted octanol–water partition coefficient (Wildman–Crippen LogP) is 1.31. The summed E-state index contributed by atoms with van der Waals surface area (Å²) in [5.74, 6) is -0.346. The quantitative estimate of drug-likeness (QED) is 0.704. The molecule has 98 valence electrons. The number of rotatable bonds is 7. The second-order valence-corrected chi connectivity index (χ2v) is 5.98. The van der Waals surface area contributed by atoms with Gasteiger partial charge in [0.15, 0.2) is 0 Å². The summed E-state index contributed by atoms with van der Waals surface area (Å²) in [4.78, 5) is 13.9. The second kappa shape index (κ2) is 4.58. The van der Waals surface area contributed by atoms with Gasteiger partial charge in [0, 0.05) is 18.6 Å². The molecule has 17 heavy (non-hydrogen) atoms. The van der Waals surface area contributed by atoms with Crippen molar-refractivity contribution < 1.29 is 9.90 Å². The van der Waals surface area contributed by atoms with Gasteiger partial charge in [-0.3, -0.25) is 10.1 Å². The normalized spacial score (nSPS) is 24.1. The summed E-state index contributed by atoms with van der Waals surface area (Å²) in [6.45, 7) is 4.83. The van der Waals surface area contributed by atoms with E-state index in [1.54, 1.807) is 0 Å². The highest BCUT2D eigenvalue weighted by atomic mass is 16.4. The molecule has 0 amide bonds. The third-order valence-electron chi connectivity index (χ3n) is 4.08. The van der Waals surface area contributed by atoms with E-state index < -0.39 is 11.5 Å². The lowest BCUT2D eigenvalue weighted by Crippen LogP contribution is -2.61. The standard InChI is InChI=1S/C13H24N2O2/c1-9(2)15(3)8-13(12(16)17,10-4-5-10)14-11-6-7-11/h9-11,14H,4-8H2,1-3H3,(H,16,17). The molecule has 4 heteroatoms. The highest BCUT2D eigenvalue weighted by molar-refractivity contribution is 5.80. The van der Waals surface area contributed by atoms with Gasteiger partial charge in [0.2, 0.25) is 0 Å². The molecule has 2 N–H and O–H groups in total. The van der Waals surface area contributed by atoms with Crippen molar-refractivity contribution in [3.63, 3.8) is 0 Å². The molecule has 0 aromatic heterocycles. The number of carboxylic acid groups (broad SMARTS) is 1. The molecule has 4 nitrogen and oxygen atoms in total. The van der Waals surface area contributed by atoms with Crippen molar-refractivity contribution >= 4 is 5.97 Å². The minimum atomic E-state index is -0.708. The number of hydrogen-bond acceptors (Lipinski definition) is 3. The maximum absolute atomic E-state index is 11.7. The van der Waals surface area contributed by atoms with Crippen molar-refractivity contribution in [1.82, 2.24) is 10.2 Å². The Labute approximate surface area is 103 Å². The fourth-order valence-electron chi connectivity index (χ4n) is 2.34. The summed E-state index contributed by atoms with van der Waals surface area (Å²) >= 11 is 0. The van der Waals surface area contributed by atoms with Gasteiger partial charge in [0.25, 0.3) is 0 Å². The highest BCUT2D eigenvalue weighted by Gasteiger charge is 2.53. The lowest BCUT2D eigenvalue weighted by atomic mass is 9.91. The van der Waals surface area contributed by atoms with E-state index in [9.17, 15) is 9.90 Å². The van der Waals surface area contributed by atoms with Gasteiger partial charge in [0.1, 0.15) is 5.54 Å². The van der Waals surface area contributed by atoms with Gasteiger partial charge in [0.05, 0.1) is 0 Å². The molecule has 2 saturated carbocycles. The molecule has 2 aliphatic carbocycles. The van der Waals surface area contributed by atoms with Crippen LogP contribution in [0.4, 0.5) is 0 Å². The minimum Gasteiger partial charge on any atom is -0.480 e. The summed E-state index contributed by atoms with van der Waals surface area (Å²) < 4.78 is 0. The number of carbonyl (C=O) groups is 1. The van der Waals surface area contributed by atoms with Crippen molar-refractivity contribution in [2.24, 2.45) is 5.92 Å². The molecular formula is C13H24N2O2. The molecular weight excluding hydrogens is 216 g/mol. The fraction of sp³-hybridized carbons (Fsp3) is 0.923. The molecule has 2 aliphatic rings. The number of nitrogens with one attached hydrogen (secondary N) is 1. The van der Waals surface area contributed by atoms with Crippen LogP contribution in [0, 0.1) is 5.92 Å². The topological polar surface area (TPSA) is 52.6 Å². The molecule has 0 aliphatic heterocycles. The first-order chi connectivity index (χ1) is 7.95. The lowest BCUT2D eigenvalue weighted by molar-refractivity contribution is -0.147. The Morgan fingerprint density at radius 2 is 2.00 bits per heavy atom. The average molecular weight is 240 g/mol. The summed E-state index contributed by atoms with van der Waals surface area (Å²) in [6.07, 6.45) is 4.37. The first-order valence-corrected chi connectivity index (χ1v) is 6.67. The van der Waals surface area contributed by atoms with Crippen LogP contribution in [0.15, 0.2) is 0 Å². The van der Waals surface area contributed by atoms with Crippen molar-refractivity contribution in [2.45, 2.75) is 57.2 Å². The van der Waals surface area contributed by atoms with E-state index in [0.29, 0.717) is 24.5 Å². The number of aliphatic carboxylic acids is 1. The molecule has 0 bridgehead atoms. The van der Waals surface area contributed by atoms with Crippen molar-refractivity contribution in [1.29, 1.82) is 0 Å². The van der Waals surface area contributed by atoms with E-state index in [2.05, 4.69) is 24.1 Å². The first-order valence-electron chi connectivity index (χ1n) is 6.67. The fourth-order valence-corrected chi connectivity index (χ4v) is 2.34. The molecule has 0 heterocycles. The summed E-state index contributed by atoms with van der Waals surface area (Å²) in [6, 6.07) is 0.820. The molecule has 0 radical (unpaired) electrons. The number of nitrogens with zero attached hydrogens (tertiary/aromatic N) is 1. The maximum atomic E-state index is 11.7. The summed E-state index contributed by atoms with van der Waals surface area (Å²) in [5.41, 5.74) is -0.708. The zero-order valence-corrected chi connectivity index (χ0v) is 11.1. The largest absolute Gasteiger partial charge is 0.480 e.